The summed E-state index contributed by atoms with van der Waals surface area (Å²) < 4.78 is 5.74. The fourth-order valence-electron chi connectivity index (χ4n) is 3.87. The second-order valence-corrected chi connectivity index (χ2v) is 8.87. The normalized spacial score (nSPS) is 14.8. The number of ether oxygens (including phenoxy) is 1. The summed E-state index contributed by atoms with van der Waals surface area (Å²) in [5.41, 5.74) is 7.85. The average Bonchev–Trinajstić information content (AvgIpc) is 2.85. The van der Waals surface area contributed by atoms with Crippen molar-refractivity contribution in [1.82, 2.24) is 9.97 Å². The number of carbonyl (C=O) groups excluding carboxylic acids is 2. The Labute approximate surface area is 200 Å². The van der Waals surface area contributed by atoms with Crippen molar-refractivity contribution in [3.05, 3.63) is 72.1 Å². The highest BCUT2D eigenvalue weighted by molar-refractivity contribution is 5.89. The number of para-hydroxylation sites is 2. The van der Waals surface area contributed by atoms with Crippen molar-refractivity contribution in [2.24, 2.45) is 17.6 Å². The molecule has 7 heteroatoms. The molecule has 0 aliphatic rings. The Morgan fingerprint density at radius 2 is 1.71 bits per heavy atom. The van der Waals surface area contributed by atoms with Crippen LogP contribution in [-0.4, -0.2) is 39.2 Å². The molecule has 3 rings (SSSR count). The van der Waals surface area contributed by atoms with E-state index in [4.69, 9.17) is 10.5 Å². The molecule has 1 heterocycles. The Balaban J connectivity index is 1.77. The molecular weight excluding hydrogens is 430 g/mol. The van der Waals surface area contributed by atoms with Crippen molar-refractivity contribution >= 4 is 22.9 Å². The van der Waals surface area contributed by atoms with Gasteiger partial charge in [-0.25, -0.2) is 9.78 Å². The number of nitrogens with two attached hydrogens (primary N) is 1. The summed E-state index contributed by atoms with van der Waals surface area (Å²) in [4.78, 5) is 33.6. The van der Waals surface area contributed by atoms with Crippen LogP contribution in [0.1, 0.15) is 55.6 Å². The largest absolute Gasteiger partial charge is 0.454 e. The first-order valence-electron chi connectivity index (χ1n) is 11.8. The average molecular weight is 464 g/mol. The molecule has 0 spiro atoms. The standard InChI is InChI=1S/C27H33N3O4/c1-3-18(2)13-14-20(26(28)32)16-24(31)25(15-19-9-5-4-6-10-19)34-27(33)23-17-29-21-11-7-8-12-22(21)30-23/h4-12,17-18,20,24-25,31H,3,13-16H2,1-2H3,(H2,28,32)/t18?,20-,24+,25+/m1/s1. The summed E-state index contributed by atoms with van der Waals surface area (Å²) in [6, 6.07) is 16.7. The van der Waals surface area contributed by atoms with Gasteiger partial charge in [-0.05, 0) is 42.9 Å². The van der Waals surface area contributed by atoms with Crippen LogP contribution in [0.5, 0.6) is 0 Å². The topological polar surface area (TPSA) is 115 Å². The molecule has 1 amide bonds. The number of benzene rings is 2. The molecule has 0 fully saturated rings. The lowest BCUT2D eigenvalue weighted by Gasteiger charge is -2.26. The van der Waals surface area contributed by atoms with Gasteiger partial charge in [0.2, 0.25) is 5.91 Å². The molecule has 3 N–H and O–H groups in total. The summed E-state index contributed by atoms with van der Waals surface area (Å²) in [6.45, 7) is 4.23. The van der Waals surface area contributed by atoms with Crippen LogP contribution in [0, 0.1) is 11.8 Å². The van der Waals surface area contributed by atoms with Crippen molar-refractivity contribution in [3.63, 3.8) is 0 Å². The summed E-state index contributed by atoms with van der Waals surface area (Å²) in [6.07, 6.45) is 2.30. The Morgan fingerprint density at radius 1 is 1.03 bits per heavy atom. The van der Waals surface area contributed by atoms with Crippen molar-refractivity contribution in [2.45, 2.75) is 58.2 Å². The minimum Gasteiger partial charge on any atom is -0.454 e. The predicted octanol–water partition coefficient (Wildman–Crippen LogP) is 4.08. The summed E-state index contributed by atoms with van der Waals surface area (Å²) in [7, 11) is 0. The first-order valence-corrected chi connectivity index (χ1v) is 11.8. The van der Waals surface area contributed by atoms with Crippen molar-refractivity contribution in [1.29, 1.82) is 0 Å². The van der Waals surface area contributed by atoms with Gasteiger partial charge in [-0.1, -0.05) is 62.7 Å². The smallest absolute Gasteiger partial charge is 0.358 e. The maximum Gasteiger partial charge on any atom is 0.358 e. The van der Waals surface area contributed by atoms with E-state index >= 15 is 0 Å². The molecule has 0 saturated carbocycles. The zero-order valence-corrected chi connectivity index (χ0v) is 19.8. The molecular formula is C27H33N3O4. The van der Waals surface area contributed by atoms with Crippen LogP contribution in [0.3, 0.4) is 0 Å². The Morgan fingerprint density at radius 3 is 2.38 bits per heavy atom. The van der Waals surface area contributed by atoms with E-state index in [2.05, 4.69) is 23.8 Å². The number of fused-ring (bicyclic) bond motifs is 1. The third-order valence-electron chi connectivity index (χ3n) is 6.26. The number of amides is 1. The van der Waals surface area contributed by atoms with Gasteiger partial charge in [0.15, 0.2) is 5.69 Å². The second kappa shape index (κ2) is 12.2. The van der Waals surface area contributed by atoms with Crippen LogP contribution in [0.2, 0.25) is 0 Å². The predicted molar refractivity (Wildman–Crippen MR) is 131 cm³/mol. The molecule has 3 aromatic rings. The SMILES string of the molecule is CCC(C)CC[C@H](C[C@H](O)[C@H](Cc1ccccc1)OC(=O)c1cnc2ccccc2n1)C(N)=O. The van der Waals surface area contributed by atoms with Gasteiger partial charge in [-0.15, -0.1) is 0 Å². The number of hydrogen-bond donors (Lipinski definition) is 2. The highest BCUT2D eigenvalue weighted by Crippen LogP contribution is 2.23. The van der Waals surface area contributed by atoms with E-state index in [0.29, 0.717) is 29.8 Å². The van der Waals surface area contributed by atoms with Gasteiger partial charge >= 0.3 is 5.97 Å². The minimum absolute atomic E-state index is 0.0622. The number of esters is 1. The Bertz CT molecular complexity index is 1090. The number of nitrogens with zero attached hydrogens (tertiary/aromatic N) is 2. The quantitative estimate of drug-likeness (QED) is 0.391. The molecule has 0 bridgehead atoms. The number of rotatable bonds is 12. The molecule has 180 valence electrons. The van der Waals surface area contributed by atoms with E-state index in [0.717, 1.165) is 18.4 Å². The van der Waals surface area contributed by atoms with Crippen LogP contribution >= 0.6 is 0 Å². The van der Waals surface area contributed by atoms with Gasteiger partial charge in [0.25, 0.3) is 0 Å². The summed E-state index contributed by atoms with van der Waals surface area (Å²) >= 11 is 0. The fourth-order valence-corrected chi connectivity index (χ4v) is 3.87. The van der Waals surface area contributed by atoms with E-state index in [1.165, 1.54) is 6.20 Å². The highest BCUT2D eigenvalue weighted by Gasteiger charge is 2.30. The fraction of sp³-hybridized carbons (Fsp3) is 0.407. The van der Waals surface area contributed by atoms with Crippen LogP contribution in [0.15, 0.2) is 60.8 Å². The van der Waals surface area contributed by atoms with Crippen LogP contribution < -0.4 is 5.73 Å². The third kappa shape index (κ3) is 7.09. The van der Waals surface area contributed by atoms with E-state index in [-0.39, 0.29) is 12.1 Å². The number of carbonyl (C=O) groups is 2. The summed E-state index contributed by atoms with van der Waals surface area (Å²) in [5, 5.41) is 11.1. The van der Waals surface area contributed by atoms with E-state index in [9.17, 15) is 14.7 Å². The maximum atomic E-state index is 12.9. The molecule has 1 aromatic heterocycles. The molecule has 0 saturated heterocycles. The van der Waals surface area contributed by atoms with Gasteiger partial charge in [0, 0.05) is 12.3 Å². The first kappa shape index (κ1) is 25.3. The number of aliphatic hydroxyl groups is 1. The third-order valence-corrected chi connectivity index (χ3v) is 6.26. The van der Waals surface area contributed by atoms with Crippen molar-refractivity contribution < 1.29 is 19.4 Å². The van der Waals surface area contributed by atoms with Gasteiger partial charge in [-0.2, -0.15) is 0 Å². The van der Waals surface area contributed by atoms with Gasteiger partial charge < -0.3 is 15.6 Å². The number of aromatic nitrogens is 2. The zero-order chi connectivity index (χ0) is 24.5. The number of hydrogen-bond acceptors (Lipinski definition) is 6. The van der Waals surface area contributed by atoms with Gasteiger partial charge in [0.1, 0.15) is 6.10 Å². The monoisotopic (exact) mass is 463 g/mol. The molecule has 34 heavy (non-hydrogen) atoms. The molecule has 7 nitrogen and oxygen atoms in total. The molecule has 1 unspecified atom stereocenters. The van der Waals surface area contributed by atoms with Crippen molar-refractivity contribution in [3.8, 4) is 0 Å². The highest BCUT2D eigenvalue weighted by atomic mass is 16.6. The number of primary amides is 1. The minimum atomic E-state index is -1.06. The zero-order valence-electron chi connectivity index (χ0n) is 19.8. The molecule has 4 atom stereocenters. The Kier molecular flexibility index (Phi) is 9.10. The molecule has 0 aliphatic heterocycles. The van der Waals surface area contributed by atoms with Gasteiger partial charge in [-0.3, -0.25) is 9.78 Å². The van der Waals surface area contributed by atoms with Crippen LogP contribution in [0.25, 0.3) is 11.0 Å². The van der Waals surface area contributed by atoms with Gasteiger partial charge in [0.05, 0.1) is 23.3 Å². The van der Waals surface area contributed by atoms with E-state index in [1.807, 2.05) is 48.5 Å². The number of aliphatic hydroxyl groups excluding tert-OH is 1. The molecule has 0 aliphatic carbocycles. The lowest BCUT2D eigenvalue weighted by molar-refractivity contribution is -0.123. The molecule has 2 aromatic carbocycles. The van der Waals surface area contributed by atoms with Crippen LogP contribution in [0.4, 0.5) is 0 Å². The lowest BCUT2D eigenvalue weighted by atomic mass is 9.88. The summed E-state index contributed by atoms with van der Waals surface area (Å²) in [5.74, 6) is -1.16. The molecule has 0 radical (unpaired) electrons. The van der Waals surface area contributed by atoms with Crippen LogP contribution in [-0.2, 0) is 16.0 Å². The second-order valence-electron chi connectivity index (χ2n) is 8.87. The lowest BCUT2D eigenvalue weighted by Crippen LogP contribution is -2.37. The first-order chi connectivity index (χ1) is 16.4. The van der Waals surface area contributed by atoms with E-state index in [1.54, 1.807) is 6.07 Å². The Hall–Kier alpha value is -3.32. The van der Waals surface area contributed by atoms with E-state index < -0.39 is 30.0 Å². The maximum absolute atomic E-state index is 12.9. The van der Waals surface area contributed by atoms with Crippen molar-refractivity contribution in [2.75, 3.05) is 0 Å².